The monoisotopic (exact) mass is 442 g/mol. The maximum atomic E-state index is 13.1. The van der Waals surface area contributed by atoms with Gasteiger partial charge >= 0.3 is 5.97 Å². The van der Waals surface area contributed by atoms with E-state index in [0.717, 1.165) is 31.2 Å². The number of rotatable bonds is 6. The molecule has 1 fully saturated rings. The summed E-state index contributed by atoms with van der Waals surface area (Å²) in [6, 6.07) is 9.34. The van der Waals surface area contributed by atoms with Crippen LogP contribution in [0.25, 0.3) is 0 Å². The maximum absolute atomic E-state index is 13.1. The summed E-state index contributed by atoms with van der Waals surface area (Å²) in [7, 11) is 0. The first-order valence-electron chi connectivity index (χ1n) is 11.6. The van der Waals surface area contributed by atoms with Gasteiger partial charge < -0.3 is 20.5 Å². The minimum Gasteiger partial charge on any atom is -0.463 e. The van der Waals surface area contributed by atoms with Crippen LogP contribution in [0.4, 0.5) is 0 Å². The number of aliphatic hydroxyl groups is 1. The third kappa shape index (κ3) is 7.19. The second-order valence-corrected chi connectivity index (χ2v) is 8.92. The highest BCUT2D eigenvalue weighted by Crippen LogP contribution is 2.29. The van der Waals surface area contributed by atoms with Crippen molar-refractivity contribution in [3.8, 4) is 0 Å². The number of allylic oxidation sites excluding steroid dienone is 2. The minimum absolute atomic E-state index is 0.0514. The topological polar surface area (TPSA) is 105 Å². The molecule has 7 nitrogen and oxygen atoms in total. The predicted octanol–water partition coefficient (Wildman–Crippen LogP) is 2.42. The molecule has 0 aromatic heterocycles. The molecule has 2 unspecified atom stereocenters. The Labute approximate surface area is 189 Å². The smallest absolute Gasteiger partial charge is 0.306 e. The molecular formula is C25H34N2O5. The van der Waals surface area contributed by atoms with E-state index in [2.05, 4.69) is 10.6 Å². The zero-order valence-corrected chi connectivity index (χ0v) is 18.6. The first-order valence-corrected chi connectivity index (χ1v) is 11.6. The normalized spacial score (nSPS) is 24.0. The van der Waals surface area contributed by atoms with E-state index in [1.165, 1.54) is 0 Å². The Morgan fingerprint density at radius 2 is 1.91 bits per heavy atom. The van der Waals surface area contributed by atoms with Crippen LogP contribution in [0.15, 0.2) is 42.5 Å². The van der Waals surface area contributed by atoms with Gasteiger partial charge in [0, 0.05) is 12.8 Å². The Hall–Kier alpha value is -2.67. The molecule has 0 radical (unpaired) electrons. The maximum Gasteiger partial charge on any atom is 0.306 e. The summed E-state index contributed by atoms with van der Waals surface area (Å²) in [6.07, 6.45) is 9.01. The molecule has 1 saturated carbocycles. The fraction of sp³-hybridized carbons (Fsp3) is 0.560. The van der Waals surface area contributed by atoms with Crippen molar-refractivity contribution < 1.29 is 24.2 Å². The van der Waals surface area contributed by atoms with Crippen LogP contribution in [0.2, 0.25) is 0 Å². The highest BCUT2D eigenvalue weighted by Gasteiger charge is 2.35. The molecule has 0 saturated heterocycles. The molecule has 3 rings (SSSR count). The van der Waals surface area contributed by atoms with Gasteiger partial charge in [0.1, 0.15) is 6.61 Å². The van der Waals surface area contributed by atoms with Gasteiger partial charge in [-0.3, -0.25) is 14.4 Å². The molecule has 0 bridgehead atoms. The Kier molecular flexibility index (Phi) is 8.85. The third-order valence-corrected chi connectivity index (χ3v) is 6.29. The highest BCUT2D eigenvalue weighted by molar-refractivity contribution is 5.86. The number of aliphatic hydroxyl groups excluding tert-OH is 1. The number of carbonyl (C=O) groups is 3. The Morgan fingerprint density at radius 3 is 2.62 bits per heavy atom. The number of cyclic esters (lactones) is 1. The van der Waals surface area contributed by atoms with Crippen LogP contribution in [-0.4, -0.2) is 47.7 Å². The van der Waals surface area contributed by atoms with E-state index in [4.69, 9.17) is 4.74 Å². The summed E-state index contributed by atoms with van der Waals surface area (Å²) in [4.78, 5) is 37.9. The summed E-state index contributed by atoms with van der Waals surface area (Å²) in [5.41, 5.74) is 0.472. The molecular weight excluding hydrogens is 408 g/mol. The number of nitrogens with one attached hydrogen (secondary N) is 2. The number of benzene rings is 1. The Balaban J connectivity index is 1.69. The number of carbonyl (C=O) groups excluding carboxylic acids is 3. The Morgan fingerprint density at radius 1 is 1.16 bits per heavy atom. The van der Waals surface area contributed by atoms with Crippen molar-refractivity contribution in [3.05, 3.63) is 48.0 Å². The van der Waals surface area contributed by atoms with Crippen LogP contribution >= 0.6 is 0 Å². The number of hydrogen-bond acceptors (Lipinski definition) is 5. The van der Waals surface area contributed by atoms with E-state index in [9.17, 15) is 19.5 Å². The number of amides is 2. The molecule has 3 N–H and O–H groups in total. The number of hydrogen-bond donors (Lipinski definition) is 3. The van der Waals surface area contributed by atoms with Gasteiger partial charge in [0.05, 0.1) is 24.1 Å². The van der Waals surface area contributed by atoms with E-state index in [1.807, 2.05) is 42.5 Å². The van der Waals surface area contributed by atoms with Crippen molar-refractivity contribution in [2.75, 3.05) is 13.2 Å². The Bertz CT molecular complexity index is 802. The molecule has 1 heterocycles. The summed E-state index contributed by atoms with van der Waals surface area (Å²) >= 11 is 0. The van der Waals surface area contributed by atoms with E-state index in [1.54, 1.807) is 0 Å². The van der Waals surface area contributed by atoms with Crippen molar-refractivity contribution in [1.29, 1.82) is 0 Å². The molecule has 7 heteroatoms. The predicted molar refractivity (Wildman–Crippen MR) is 121 cm³/mol. The van der Waals surface area contributed by atoms with Gasteiger partial charge in [-0.25, -0.2) is 0 Å². The number of esters is 1. The lowest BCUT2D eigenvalue weighted by molar-refractivity contribution is -0.145. The molecule has 2 amide bonds. The van der Waals surface area contributed by atoms with Crippen molar-refractivity contribution in [1.82, 2.24) is 10.6 Å². The molecule has 1 aliphatic carbocycles. The van der Waals surface area contributed by atoms with E-state index in [-0.39, 0.29) is 49.9 Å². The van der Waals surface area contributed by atoms with Crippen molar-refractivity contribution in [2.45, 2.75) is 69.4 Å². The molecule has 1 aliphatic heterocycles. The molecule has 1 aromatic carbocycles. The first-order chi connectivity index (χ1) is 15.5. The van der Waals surface area contributed by atoms with E-state index >= 15 is 0 Å². The zero-order chi connectivity index (χ0) is 22.8. The van der Waals surface area contributed by atoms with E-state index in [0.29, 0.717) is 19.3 Å². The van der Waals surface area contributed by atoms with Crippen molar-refractivity contribution in [2.24, 2.45) is 5.92 Å². The van der Waals surface area contributed by atoms with Gasteiger partial charge in [-0.1, -0.05) is 55.3 Å². The zero-order valence-electron chi connectivity index (χ0n) is 18.6. The molecule has 1 aromatic rings. The first kappa shape index (κ1) is 24.0. The summed E-state index contributed by atoms with van der Waals surface area (Å²) in [5, 5.41) is 15.8. The van der Waals surface area contributed by atoms with Crippen molar-refractivity contribution in [3.63, 3.8) is 0 Å². The van der Waals surface area contributed by atoms with Gasteiger partial charge in [0.2, 0.25) is 11.8 Å². The molecule has 174 valence electrons. The van der Waals surface area contributed by atoms with Crippen LogP contribution in [0.5, 0.6) is 0 Å². The van der Waals surface area contributed by atoms with Crippen LogP contribution in [0.3, 0.4) is 0 Å². The lowest BCUT2D eigenvalue weighted by Gasteiger charge is -2.29. The van der Waals surface area contributed by atoms with Crippen molar-refractivity contribution >= 4 is 17.8 Å². The minimum atomic E-state index is -0.557. The fourth-order valence-electron chi connectivity index (χ4n) is 4.44. The fourth-order valence-corrected chi connectivity index (χ4v) is 4.44. The average Bonchev–Trinajstić information content (AvgIpc) is 3.25. The molecule has 2 atom stereocenters. The second-order valence-electron chi connectivity index (χ2n) is 8.92. The summed E-state index contributed by atoms with van der Waals surface area (Å²) in [6.45, 7) is 0.00967. The van der Waals surface area contributed by atoms with Crippen LogP contribution in [-0.2, 0) is 25.5 Å². The number of ether oxygens (including phenoxy) is 1. The van der Waals surface area contributed by atoms with E-state index < -0.39 is 11.5 Å². The lowest BCUT2D eigenvalue weighted by atomic mass is 9.95. The average molecular weight is 443 g/mol. The van der Waals surface area contributed by atoms with Crippen LogP contribution in [0.1, 0.15) is 56.9 Å². The summed E-state index contributed by atoms with van der Waals surface area (Å²) < 4.78 is 5.39. The molecule has 0 spiro atoms. The largest absolute Gasteiger partial charge is 0.463 e. The third-order valence-electron chi connectivity index (χ3n) is 6.29. The van der Waals surface area contributed by atoms with Crippen LogP contribution in [0, 0.1) is 5.92 Å². The highest BCUT2D eigenvalue weighted by atomic mass is 16.5. The van der Waals surface area contributed by atoms with Crippen LogP contribution < -0.4 is 10.6 Å². The van der Waals surface area contributed by atoms with Gasteiger partial charge in [-0.15, -0.1) is 0 Å². The molecule has 2 aliphatic rings. The van der Waals surface area contributed by atoms with Gasteiger partial charge in [-0.05, 0) is 37.7 Å². The van der Waals surface area contributed by atoms with Gasteiger partial charge in [-0.2, -0.15) is 0 Å². The summed E-state index contributed by atoms with van der Waals surface area (Å²) in [5.74, 6) is -1.26. The second kappa shape index (κ2) is 11.8. The SMILES string of the molecule is O=C(CC1CC=CCCC(=O)OCC(Cc2ccccc2)NC1=O)NC1(CO)CCCC1. The lowest BCUT2D eigenvalue weighted by Crippen LogP contribution is -2.50. The van der Waals surface area contributed by atoms with Gasteiger partial charge in [0.25, 0.3) is 0 Å². The molecule has 32 heavy (non-hydrogen) atoms. The standard InChI is InChI=1S/C25H34N2O5/c28-18-25(13-7-8-14-25)27-22(29)16-20-11-5-2-6-12-23(30)32-17-21(26-24(20)31)15-19-9-3-1-4-10-19/h1-5,9-10,20-21,28H,6-8,11-18H2,(H,26,31)(H,27,29). The van der Waals surface area contributed by atoms with Gasteiger partial charge in [0.15, 0.2) is 0 Å². The quantitative estimate of drug-likeness (QED) is 0.464.